The molecule has 0 aliphatic heterocycles. The molecule has 20 heavy (non-hydrogen) atoms. The average molecular weight is 382 g/mol. The van der Waals surface area contributed by atoms with Gasteiger partial charge < -0.3 is 4.74 Å². The summed E-state index contributed by atoms with van der Waals surface area (Å²) in [6.07, 6.45) is 0. The lowest BCUT2D eigenvalue weighted by molar-refractivity contribution is 0.406. The molecule has 2 aromatic rings. The van der Waals surface area contributed by atoms with E-state index in [0.717, 1.165) is 0 Å². The molecule has 0 amide bonds. The van der Waals surface area contributed by atoms with Crippen molar-refractivity contribution >= 4 is 39.1 Å². The van der Waals surface area contributed by atoms with Crippen molar-refractivity contribution < 1.29 is 13.5 Å². The molecule has 2 rings (SSSR count). The van der Waals surface area contributed by atoms with Gasteiger partial charge in [-0.05, 0) is 28.1 Å². The second-order valence-corrected chi connectivity index (χ2v) is 5.71. The molecule has 0 saturated heterocycles. The fraction of sp³-hybridized carbons (Fsp3) is 0.143. The highest BCUT2D eigenvalue weighted by molar-refractivity contribution is 9.10. The number of methoxy groups -OCH3 is 1. The molecule has 2 aromatic carbocycles. The van der Waals surface area contributed by atoms with Gasteiger partial charge in [-0.25, -0.2) is 8.78 Å². The highest BCUT2D eigenvalue weighted by Gasteiger charge is 2.22. The fourth-order valence-corrected chi connectivity index (χ4v) is 2.68. The van der Waals surface area contributed by atoms with E-state index in [1.54, 1.807) is 6.07 Å². The zero-order valence-corrected chi connectivity index (χ0v) is 13.4. The van der Waals surface area contributed by atoms with Gasteiger partial charge in [-0.2, -0.15) is 0 Å². The van der Waals surface area contributed by atoms with Crippen LogP contribution in [0, 0.1) is 11.6 Å². The minimum Gasteiger partial charge on any atom is -0.496 e. The smallest absolute Gasteiger partial charge is 0.146 e. The second-order valence-electron chi connectivity index (χ2n) is 4.01. The highest BCUT2D eigenvalue weighted by Crippen LogP contribution is 2.39. The molecule has 6 heteroatoms. The summed E-state index contributed by atoms with van der Waals surface area (Å²) in [5.41, 5.74) is 0.652. The van der Waals surface area contributed by atoms with Gasteiger partial charge >= 0.3 is 0 Å². The number of benzene rings is 2. The van der Waals surface area contributed by atoms with Gasteiger partial charge in [0.1, 0.15) is 17.4 Å². The van der Waals surface area contributed by atoms with E-state index in [4.69, 9.17) is 27.9 Å². The van der Waals surface area contributed by atoms with E-state index < -0.39 is 17.0 Å². The van der Waals surface area contributed by atoms with Crippen LogP contribution in [0.3, 0.4) is 0 Å². The molecule has 106 valence electrons. The number of hydrogen-bond donors (Lipinski definition) is 0. The van der Waals surface area contributed by atoms with Crippen LogP contribution in [0.25, 0.3) is 0 Å². The van der Waals surface area contributed by atoms with Crippen molar-refractivity contribution in [3.8, 4) is 5.75 Å². The third-order valence-corrected chi connectivity index (χ3v) is 4.17. The van der Waals surface area contributed by atoms with Crippen molar-refractivity contribution in [2.45, 2.75) is 5.38 Å². The van der Waals surface area contributed by atoms with Crippen LogP contribution in [0.2, 0.25) is 5.02 Å². The Morgan fingerprint density at radius 2 is 1.90 bits per heavy atom. The average Bonchev–Trinajstić information content (AvgIpc) is 2.43. The van der Waals surface area contributed by atoms with Gasteiger partial charge in [0.05, 0.1) is 22.0 Å². The van der Waals surface area contributed by atoms with E-state index in [1.165, 1.54) is 31.4 Å². The SMILES string of the molecule is COc1cc(F)c(Br)cc1C(Cl)c1cccc(Cl)c1F. The van der Waals surface area contributed by atoms with E-state index in [0.29, 0.717) is 5.56 Å². The maximum Gasteiger partial charge on any atom is 0.146 e. The van der Waals surface area contributed by atoms with E-state index in [-0.39, 0.29) is 20.8 Å². The van der Waals surface area contributed by atoms with Crippen LogP contribution >= 0.6 is 39.1 Å². The Bertz CT molecular complexity index is 649. The zero-order valence-electron chi connectivity index (χ0n) is 10.3. The molecule has 0 saturated carbocycles. The zero-order chi connectivity index (χ0) is 14.9. The third-order valence-electron chi connectivity index (χ3n) is 2.80. The fourth-order valence-electron chi connectivity index (χ4n) is 1.80. The summed E-state index contributed by atoms with van der Waals surface area (Å²) in [5.74, 6) is -0.845. The molecular weight excluding hydrogens is 373 g/mol. The second kappa shape index (κ2) is 6.29. The summed E-state index contributed by atoms with van der Waals surface area (Å²) in [5, 5.41) is -0.867. The van der Waals surface area contributed by atoms with Crippen LogP contribution in [-0.2, 0) is 0 Å². The number of ether oxygens (including phenoxy) is 1. The summed E-state index contributed by atoms with van der Waals surface area (Å²) in [6, 6.07) is 7.21. The lowest BCUT2D eigenvalue weighted by atomic mass is 10.0. The summed E-state index contributed by atoms with van der Waals surface area (Å²) in [7, 11) is 1.39. The Morgan fingerprint density at radius 1 is 1.20 bits per heavy atom. The standard InChI is InChI=1S/C14H9BrCl2F2O/c1-20-12-6-11(18)9(15)5-8(12)13(17)7-3-2-4-10(16)14(7)19/h2-6,13H,1H3. The van der Waals surface area contributed by atoms with Crippen LogP contribution in [0.1, 0.15) is 16.5 Å². The van der Waals surface area contributed by atoms with Gasteiger partial charge in [-0.15, -0.1) is 11.6 Å². The first-order chi connectivity index (χ1) is 9.45. The monoisotopic (exact) mass is 380 g/mol. The topological polar surface area (TPSA) is 9.23 Å². The van der Waals surface area contributed by atoms with Crippen LogP contribution in [0.5, 0.6) is 5.75 Å². The van der Waals surface area contributed by atoms with Crippen molar-refractivity contribution in [3.05, 3.63) is 62.6 Å². The van der Waals surface area contributed by atoms with Crippen molar-refractivity contribution in [1.29, 1.82) is 0 Å². The van der Waals surface area contributed by atoms with Gasteiger partial charge in [0.2, 0.25) is 0 Å². The first-order valence-electron chi connectivity index (χ1n) is 5.56. The van der Waals surface area contributed by atoms with Crippen LogP contribution < -0.4 is 4.74 Å². The lowest BCUT2D eigenvalue weighted by Crippen LogP contribution is -2.01. The molecular formula is C14H9BrCl2F2O. The summed E-state index contributed by atoms with van der Waals surface area (Å²) >= 11 is 15.1. The molecule has 0 bridgehead atoms. The number of halogens is 5. The Hall–Kier alpha value is -0.840. The predicted octanol–water partition coefficient (Wildman–Crippen LogP) is 5.72. The largest absolute Gasteiger partial charge is 0.496 e. The third kappa shape index (κ3) is 2.92. The molecule has 0 aliphatic rings. The molecule has 0 fully saturated rings. The molecule has 0 N–H and O–H groups in total. The van der Waals surface area contributed by atoms with Crippen molar-refractivity contribution in [3.63, 3.8) is 0 Å². The normalized spacial score (nSPS) is 12.3. The minimum atomic E-state index is -0.847. The molecule has 0 spiro atoms. The Kier molecular flexibility index (Phi) is 4.89. The number of alkyl halides is 1. The Morgan fingerprint density at radius 3 is 2.55 bits per heavy atom. The quantitative estimate of drug-likeness (QED) is 0.618. The van der Waals surface area contributed by atoms with Crippen LogP contribution in [0.4, 0.5) is 8.78 Å². The lowest BCUT2D eigenvalue weighted by Gasteiger charge is -2.16. The summed E-state index contributed by atoms with van der Waals surface area (Å²) in [6.45, 7) is 0. The Labute approximate surface area is 133 Å². The summed E-state index contributed by atoms with van der Waals surface area (Å²) in [4.78, 5) is 0. The number of rotatable bonds is 3. The van der Waals surface area contributed by atoms with Gasteiger partial charge in [0.25, 0.3) is 0 Å². The predicted molar refractivity (Wildman–Crippen MR) is 79.8 cm³/mol. The first-order valence-corrected chi connectivity index (χ1v) is 7.17. The van der Waals surface area contributed by atoms with Crippen LogP contribution in [-0.4, -0.2) is 7.11 Å². The van der Waals surface area contributed by atoms with Crippen molar-refractivity contribution in [2.24, 2.45) is 0 Å². The van der Waals surface area contributed by atoms with Crippen LogP contribution in [0.15, 0.2) is 34.8 Å². The van der Waals surface area contributed by atoms with E-state index in [1.807, 2.05) is 0 Å². The molecule has 1 nitrogen and oxygen atoms in total. The summed E-state index contributed by atoms with van der Waals surface area (Å²) < 4.78 is 32.8. The first kappa shape index (κ1) is 15.5. The van der Waals surface area contributed by atoms with Gasteiger partial charge in [-0.1, -0.05) is 23.7 Å². The molecule has 0 aromatic heterocycles. The van der Waals surface area contributed by atoms with E-state index >= 15 is 0 Å². The molecule has 1 unspecified atom stereocenters. The van der Waals surface area contributed by atoms with E-state index in [9.17, 15) is 8.78 Å². The maximum atomic E-state index is 14.0. The van der Waals surface area contributed by atoms with Crippen molar-refractivity contribution in [2.75, 3.05) is 7.11 Å². The Balaban J connectivity index is 2.55. The molecule has 0 radical (unpaired) electrons. The molecule has 0 heterocycles. The highest BCUT2D eigenvalue weighted by atomic mass is 79.9. The van der Waals surface area contributed by atoms with Crippen molar-refractivity contribution in [1.82, 2.24) is 0 Å². The number of hydrogen-bond acceptors (Lipinski definition) is 1. The van der Waals surface area contributed by atoms with Gasteiger partial charge in [0, 0.05) is 17.2 Å². The minimum absolute atomic E-state index is 0.0201. The van der Waals surface area contributed by atoms with Gasteiger partial charge in [-0.3, -0.25) is 0 Å². The van der Waals surface area contributed by atoms with Gasteiger partial charge in [0.15, 0.2) is 0 Å². The molecule has 1 atom stereocenters. The van der Waals surface area contributed by atoms with E-state index in [2.05, 4.69) is 15.9 Å². The maximum absolute atomic E-state index is 14.0. The molecule has 0 aliphatic carbocycles.